The summed E-state index contributed by atoms with van der Waals surface area (Å²) < 4.78 is 16.2. The fraction of sp³-hybridized carbons (Fsp3) is 0.550. The highest BCUT2D eigenvalue weighted by Gasteiger charge is 2.16. The van der Waals surface area contributed by atoms with Gasteiger partial charge in [0.25, 0.3) is 5.91 Å². The number of hydrogen-bond acceptors (Lipinski definition) is 6. The molecule has 0 aromatic heterocycles. The van der Waals surface area contributed by atoms with Crippen molar-refractivity contribution in [3.63, 3.8) is 0 Å². The first-order valence-corrected chi connectivity index (χ1v) is 9.43. The lowest BCUT2D eigenvalue weighted by Gasteiger charge is -2.14. The molecule has 0 heterocycles. The molecular formula is C20H30N2O6. The van der Waals surface area contributed by atoms with Crippen LogP contribution in [0.4, 0.5) is 4.79 Å². The number of nitrogens with one attached hydrogen (secondary N) is 2. The van der Waals surface area contributed by atoms with Gasteiger partial charge >= 0.3 is 12.0 Å². The highest BCUT2D eigenvalue weighted by atomic mass is 16.5. The van der Waals surface area contributed by atoms with Crippen LogP contribution in [0.25, 0.3) is 0 Å². The van der Waals surface area contributed by atoms with Gasteiger partial charge in [-0.1, -0.05) is 20.8 Å². The molecule has 0 radical (unpaired) electrons. The zero-order chi connectivity index (χ0) is 21.1. The standard InChI is InChI=1S/C20H30N2O6/c1-6-14(5)21-20(25)22-18(23)12-28-19(24)15-8-9-16(27-11-13(3)4)17(10-15)26-7-2/h8-10,13-14H,6-7,11-12H2,1-5H3,(H2,21,22,23,25)/t14-/m0/s1. The van der Waals surface area contributed by atoms with E-state index in [4.69, 9.17) is 14.2 Å². The first-order chi connectivity index (χ1) is 13.3. The topological polar surface area (TPSA) is 103 Å². The lowest BCUT2D eigenvalue weighted by molar-refractivity contribution is -0.123. The van der Waals surface area contributed by atoms with E-state index in [1.54, 1.807) is 6.07 Å². The van der Waals surface area contributed by atoms with Gasteiger partial charge in [0, 0.05) is 6.04 Å². The second kappa shape index (κ2) is 11.8. The van der Waals surface area contributed by atoms with Crippen molar-refractivity contribution < 1.29 is 28.6 Å². The van der Waals surface area contributed by atoms with Crippen LogP contribution in [0.1, 0.15) is 51.4 Å². The molecule has 1 rings (SSSR count). The predicted molar refractivity (Wildman–Crippen MR) is 105 cm³/mol. The van der Waals surface area contributed by atoms with Gasteiger partial charge in [-0.05, 0) is 44.4 Å². The summed E-state index contributed by atoms with van der Waals surface area (Å²) >= 11 is 0. The van der Waals surface area contributed by atoms with Crippen molar-refractivity contribution in [3.8, 4) is 11.5 Å². The molecule has 0 bridgehead atoms. The Labute approximate surface area is 165 Å². The molecule has 1 aromatic carbocycles. The molecule has 1 atom stereocenters. The van der Waals surface area contributed by atoms with E-state index in [9.17, 15) is 14.4 Å². The van der Waals surface area contributed by atoms with Crippen LogP contribution < -0.4 is 20.1 Å². The lowest BCUT2D eigenvalue weighted by atomic mass is 10.2. The molecule has 28 heavy (non-hydrogen) atoms. The Morgan fingerprint density at radius 3 is 2.36 bits per heavy atom. The van der Waals surface area contributed by atoms with Crippen LogP contribution in [0.15, 0.2) is 18.2 Å². The number of amides is 3. The van der Waals surface area contributed by atoms with Gasteiger partial charge in [0.1, 0.15) is 0 Å². The van der Waals surface area contributed by atoms with Crippen molar-refractivity contribution >= 4 is 17.9 Å². The maximum Gasteiger partial charge on any atom is 0.338 e. The average molecular weight is 394 g/mol. The van der Waals surface area contributed by atoms with Gasteiger partial charge in [0.15, 0.2) is 18.1 Å². The number of imide groups is 1. The Morgan fingerprint density at radius 1 is 1.04 bits per heavy atom. The third-order valence-corrected chi connectivity index (χ3v) is 3.63. The summed E-state index contributed by atoms with van der Waals surface area (Å²) in [5.41, 5.74) is 0.220. The largest absolute Gasteiger partial charge is 0.490 e. The van der Waals surface area contributed by atoms with E-state index in [1.165, 1.54) is 12.1 Å². The van der Waals surface area contributed by atoms with Crippen molar-refractivity contribution in [2.45, 2.75) is 47.1 Å². The molecule has 0 aliphatic carbocycles. The van der Waals surface area contributed by atoms with Crippen molar-refractivity contribution in [3.05, 3.63) is 23.8 Å². The Kier molecular flexibility index (Phi) is 9.84. The number of urea groups is 1. The van der Waals surface area contributed by atoms with Gasteiger partial charge in [-0.2, -0.15) is 0 Å². The zero-order valence-electron chi connectivity index (χ0n) is 17.2. The monoisotopic (exact) mass is 394 g/mol. The molecule has 0 aliphatic heterocycles. The van der Waals surface area contributed by atoms with Crippen LogP contribution >= 0.6 is 0 Å². The Balaban J connectivity index is 2.64. The van der Waals surface area contributed by atoms with Crippen LogP contribution in [0.2, 0.25) is 0 Å². The number of rotatable bonds is 10. The summed E-state index contributed by atoms with van der Waals surface area (Å²) in [6.07, 6.45) is 0.732. The average Bonchev–Trinajstić information content (AvgIpc) is 2.64. The summed E-state index contributed by atoms with van der Waals surface area (Å²) in [4.78, 5) is 35.5. The van der Waals surface area contributed by atoms with E-state index in [-0.39, 0.29) is 11.6 Å². The minimum atomic E-state index is -0.712. The molecule has 8 nitrogen and oxygen atoms in total. The van der Waals surface area contributed by atoms with Crippen LogP contribution in [0, 0.1) is 5.92 Å². The maximum absolute atomic E-state index is 12.2. The quantitative estimate of drug-likeness (QED) is 0.592. The summed E-state index contributed by atoms with van der Waals surface area (Å²) in [6, 6.07) is 3.98. The number of ether oxygens (including phenoxy) is 3. The molecule has 0 aliphatic rings. The van der Waals surface area contributed by atoms with Gasteiger partial charge in [-0.25, -0.2) is 9.59 Å². The van der Waals surface area contributed by atoms with Gasteiger partial charge in [0.05, 0.1) is 18.8 Å². The zero-order valence-corrected chi connectivity index (χ0v) is 17.2. The lowest BCUT2D eigenvalue weighted by Crippen LogP contribution is -2.44. The fourth-order valence-corrected chi connectivity index (χ4v) is 2.02. The first kappa shape index (κ1) is 23.3. The Bertz CT molecular complexity index is 675. The van der Waals surface area contributed by atoms with Crippen molar-refractivity contribution in [1.82, 2.24) is 10.6 Å². The van der Waals surface area contributed by atoms with Crippen molar-refractivity contribution in [2.75, 3.05) is 19.8 Å². The maximum atomic E-state index is 12.2. The van der Waals surface area contributed by atoms with Gasteiger partial charge < -0.3 is 19.5 Å². The number of benzene rings is 1. The molecule has 1 aromatic rings. The molecule has 8 heteroatoms. The molecule has 0 saturated heterocycles. The third-order valence-electron chi connectivity index (χ3n) is 3.63. The SMILES string of the molecule is CCOc1cc(C(=O)OCC(=O)NC(=O)N[C@@H](C)CC)ccc1OCC(C)C. The van der Waals surface area contributed by atoms with Gasteiger partial charge in [-0.15, -0.1) is 0 Å². The molecule has 3 amide bonds. The van der Waals surface area contributed by atoms with Crippen molar-refractivity contribution in [1.29, 1.82) is 0 Å². The number of carbonyl (C=O) groups is 3. The van der Waals surface area contributed by atoms with Crippen LogP contribution in [0.3, 0.4) is 0 Å². The van der Waals surface area contributed by atoms with E-state index in [0.717, 1.165) is 6.42 Å². The van der Waals surface area contributed by atoms with Crippen LogP contribution in [-0.2, 0) is 9.53 Å². The predicted octanol–water partition coefficient (Wildman–Crippen LogP) is 2.90. The summed E-state index contributed by atoms with van der Waals surface area (Å²) in [6.45, 7) is 9.96. The number of hydrogen-bond donors (Lipinski definition) is 2. The Morgan fingerprint density at radius 2 is 1.75 bits per heavy atom. The summed E-state index contributed by atoms with van der Waals surface area (Å²) in [5.74, 6) is -0.110. The Hall–Kier alpha value is -2.77. The second-order valence-electron chi connectivity index (χ2n) is 6.71. The minimum absolute atomic E-state index is 0.0660. The molecule has 0 saturated carbocycles. The molecule has 0 fully saturated rings. The minimum Gasteiger partial charge on any atom is -0.490 e. The van der Waals surface area contributed by atoms with E-state index in [0.29, 0.717) is 30.6 Å². The highest BCUT2D eigenvalue weighted by Crippen LogP contribution is 2.29. The first-order valence-electron chi connectivity index (χ1n) is 9.43. The summed E-state index contributed by atoms with van der Waals surface area (Å²) in [5, 5.41) is 4.69. The van der Waals surface area contributed by atoms with E-state index in [2.05, 4.69) is 10.6 Å². The smallest absolute Gasteiger partial charge is 0.338 e. The van der Waals surface area contributed by atoms with Crippen LogP contribution in [-0.4, -0.2) is 43.8 Å². The molecule has 0 spiro atoms. The molecule has 156 valence electrons. The highest BCUT2D eigenvalue weighted by molar-refractivity contribution is 5.97. The fourth-order valence-electron chi connectivity index (χ4n) is 2.02. The second-order valence-corrected chi connectivity index (χ2v) is 6.71. The van der Waals surface area contributed by atoms with E-state index < -0.39 is 24.5 Å². The van der Waals surface area contributed by atoms with E-state index >= 15 is 0 Å². The molecule has 2 N–H and O–H groups in total. The number of esters is 1. The molecule has 0 unspecified atom stereocenters. The van der Waals surface area contributed by atoms with Gasteiger partial charge in [-0.3, -0.25) is 10.1 Å². The van der Waals surface area contributed by atoms with Crippen LogP contribution in [0.5, 0.6) is 11.5 Å². The normalized spacial score (nSPS) is 11.5. The van der Waals surface area contributed by atoms with Crippen molar-refractivity contribution in [2.24, 2.45) is 5.92 Å². The third kappa shape index (κ3) is 8.28. The summed E-state index contributed by atoms with van der Waals surface area (Å²) in [7, 11) is 0. The number of carbonyl (C=O) groups excluding carboxylic acids is 3. The molecular weight excluding hydrogens is 364 g/mol. The van der Waals surface area contributed by atoms with Gasteiger partial charge in [0.2, 0.25) is 0 Å². The van der Waals surface area contributed by atoms with E-state index in [1.807, 2.05) is 34.6 Å².